The molecular formula is C9H19NO4. The third kappa shape index (κ3) is 2.65. The highest BCUT2D eigenvalue weighted by atomic mass is 16.3. The van der Waals surface area contributed by atoms with E-state index < -0.39 is 12.2 Å². The predicted molar refractivity (Wildman–Crippen MR) is 50.7 cm³/mol. The van der Waals surface area contributed by atoms with E-state index in [1.807, 2.05) is 0 Å². The van der Waals surface area contributed by atoms with Crippen LogP contribution in [-0.2, 0) is 0 Å². The summed E-state index contributed by atoms with van der Waals surface area (Å²) >= 11 is 0. The molecule has 1 fully saturated rings. The Morgan fingerprint density at radius 1 is 1.21 bits per heavy atom. The summed E-state index contributed by atoms with van der Waals surface area (Å²) < 4.78 is 0. The van der Waals surface area contributed by atoms with E-state index in [9.17, 15) is 10.2 Å². The SMILES string of the molecule is OCCCC1NCC(O)C(O)C1CO. The van der Waals surface area contributed by atoms with Crippen molar-refractivity contribution in [1.29, 1.82) is 0 Å². The van der Waals surface area contributed by atoms with E-state index >= 15 is 0 Å². The number of hydrogen-bond acceptors (Lipinski definition) is 5. The number of β-amino-alcohol motifs (C(OH)–C–C–N with tert-alkyl or cyclic N) is 1. The van der Waals surface area contributed by atoms with Gasteiger partial charge in [0, 0.05) is 31.7 Å². The molecule has 0 aliphatic carbocycles. The maximum Gasteiger partial charge on any atom is 0.0927 e. The molecule has 1 aliphatic rings. The molecule has 1 aliphatic heterocycles. The van der Waals surface area contributed by atoms with Crippen molar-refractivity contribution in [1.82, 2.24) is 5.32 Å². The molecule has 4 atom stereocenters. The molecular weight excluding hydrogens is 186 g/mol. The van der Waals surface area contributed by atoms with Gasteiger partial charge in [0.15, 0.2) is 0 Å². The average Bonchev–Trinajstić information content (AvgIpc) is 2.20. The second-order valence-electron chi connectivity index (χ2n) is 3.78. The lowest BCUT2D eigenvalue weighted by molar-refractivity contribution is -0.0682. The maximum absolute atomic E-state index is 9.59. The van der Waals surface area contributed by atoms with Crippen molar-refractivity contribution in [2.75, 3.05) is 19.8 Å². The molecule has 0 bridgehead atoms. The molecule has 0 saturated carbocycles. The smallest absolute Gasteiger partial charge is 0.0927 e. The summed E-state index contributed by atoms with van der Waals surface area (Å²) in [5, 5.41) is 39.7. The lowest BCUT2D eigenvalue weighted by Crippen LogP contribution is -2.57. The molecule has 1 heterocycles. The Kier molecular flexibility index (Phi) is 4.77. The molecule has 0 aromatic rings. The highest BCUT2D eigenvalue weighted by molar-refractivity contribution is 4.91. The fraction of sp³-hybridized carbons (Fsp3) is 1.00. The third-order valence-corrected chi connectivity index (χ3v) is 2.82. The van der Waals surface area contributed by atoms with E-state index in [-0.39, 0.29) is 25.2 Å². The Balaban J connectivity index is 2.48. The van der Waals surface area contributed by atoms with E-state index in [0.29, 0.717) is 19.4 Å². The molecule has 5 heteroatoms. The topological polar surface area (TPSA) is 93.0 Å². The van der Waals surface area contributed by atoms with Gasteiger partial charge in [0.05, 0.1) is 12.2 Å². The summed E-state index contributed by atoms with van der Waals surface area (Å²) in [5.41, 5.74) is 0. The largest absolute Gasteiger partial charge is 0.396 e. The molecule has 1 saturated heterocycles. The molecule has 5 nitrogen and oxygen atoms in total. The van der Waals surface area contributed by atoms with Crippen LogP contribution in [0.4, 0.5) is 0 Å². The molecule has 14 heavy (non-hydrogen) atoms. The Bertz CT molecular complexity index is 165. The van der Waals surface area contributed by atoms with Crippen molar-refractivity contribution in [3.05, 3.63) is 0 Å². The summed E-state index contributed by atoms with van der Waals surface area (Å²) in [7, 11) is 0. The van der Waals surface area contributed by atoms with Gasteiger partial charge in [-0.15, -0.1) is 0 Å². The predicted octanol–water partition coefficient (Wildman–Crippen LogP) is -1.94. The van der Waals surface area contributed by atoms with Crippen LogP contribution in [0.1, 0.15) is 12.8 Å². The van der Waals surface area contributed by atoms with Gasteiger partial charge in [-0.25, -0.2) is 0 Å². The summed E-state index contributed by atoms with van der Waals surface area (Å²) in [6.07, 6.45) is -0.342. The van der Waals surface area contributed by atoms with Crippen LogP contribution in [0.2, 0.25) is 0 Å². The van der Waals surface area contributed by atoms with Crippen LogP contribution >= 0.6 is 0 Å². The first kappa shape index (κ1) is 11.9. The lowest BCUT2D eigenvalue weighted by atomic mass is 9.85. The van der Waals surface area contributed by atoms with Crippen molar-refractivity contribution in [3.63, 3.8) is 0 Å². The van der Waals surface area contributed by atoms with Crippen LogP contribution in [0, 0.1) is 5.92 Å². The summed E-state index contributed by atoms with van der Waals surface area (Å²) in [5.74, 6) is -0.342. The van der Waals surface area contributed by atoms with Crippen molar-refractivity contribution in [2.24, 2.45) is 5.92 Å². The number of piperidine rings is 1. The van der Waals surface area contributed by atoms with E-state index in [4.69, 9.17) is 10.2 Å². The van der Waals surface area contributed by atoms with Gasteiger partial charge < -0.3 is 25.7 Å². The minimum atomic E-state index is -0.870. The molecule has 5 N–H and O–H groups in total. The molecule has 0 aromatic heterocycles. The van der Waals surface area contributed by atoms with E-state index in [1.165, 1.54) is 0 Å². The Morgan fingerprint density at radius 3 is 2.50 bits per heavy atom. The Labute approximate surface area is 83.4 Å². The first-order valence-electron chi connectivity index (χ1n) is 5.02. The number of rotatable bonds is 4. The molecule has 1 rings (SSSR count). The van der Waals surface area contributed by atoms with Crippen LogP contribution in [0.25, 0.3) is 0 Å². The number of nitrogens with one attached hydrogen (secondary N) is 1. The molecule has 84 valence electrons. The molecule has 0 amide bonds. The van der Waals surface area contributed by atoms with Gasteiger partial charge in [-0.2, -0.15) is 0 Å². The van der Waals surface area contributed by atoms with Gasteiger partial charge in [-0.1, -0.05) is 0 Å². The first-order valence-corrected chi connectivity index (χ1v) is 5.02. The van der Waals surface area contributed by atoms with Gasteiger partial charge in [0.25, 0.3) is 0 Å². The van der Waals surface area contributed by atoms with E-state index in [0.717, 1.165) is 0 Å². The fourth-order valence-electron chi connectivity index (χ4n) is 1.93. The Morgan fingerprint density at radius 2 is 1.93 bits per heavy atom. The van der Waals surface area contributed by atoms with E-state index in [1.54, 1.807) is 0 Å². The maximum atomic E-state index is 9.59. The quantitative estimate of drug-likeness (QED) is 0.368. The van der Waals surface area contributed by atoms with Crippen molar-refractivity contribution < 1.29 is 20.4 Å². The molecule has 0 spiro atoms. The van der Waals surface area contributed by atoms with Gasteiger partial charge in [-0.3, -0.25) is 0 Å². The van der Waals surface area contributed by atoms with Crippen molar-refractivity contribution >= 4 is 0 Å². The molecule has 0 aromatic carbocycles. The van der Waals surface area contributed by atoms with Crippen LogP contribution in [0.5, 0.6) is 0 Å². The highest BCUT2D eigenvalue weighted by Gasteiger charge is 2.36. The standard InChI is InChI=1S/C9H19NO4/c11-3-1-2-7-6(5-12)9(14)8(13)4-10-7/h6-14H,1-5H2. The second kappa shape index (κ2) is 5.63. The zero-order chi connectivity index (χ0) is 10.6. The summed E-state index contributed by atoms with van der Waals surface area (Å²) in [4.78, 5) is 0. The first-order chi connectivity index (χ1) is 6.70. The monoisotopic (exact) mass is 205 g/mol. The highest BCUT2D eigenvalue weighted by Crippen LogP contribution is 2.20. The van der Waals surface area contributed by atoms with Gasteiger partial charge in [-0.05, 0) is 12.8 Å². The minimum Gasteiger partial charge on any atom is -0.396 e. The lowest BCUT2D eigenvalue weighted by Gasteiger charge is -2.38. The fourth-order valence-corrected chi connectivity index (χ4v) is 1.93. The van der Waals surface area contributed by atoms with Crippen LogP contribution in [-0.4, -0.2) is 58.4 Å². The molecule has 4 unspecified atom stereocenters. The zero-order valence-electron chi connectivity index (χ0n) is 8.13. The van der Waals surface area contributed by atoms with Gasteiger partial charge >= 0.3 is 0 Å². The van der Waals surface area contributed by atoms with Crippen molar-refractivity contribution in [2.45, 2.75) is 31.1 Å². The summed E-state index contributed by atoms with van der Waals surface area (Å²) in [6, 6.07) is -0.0226. The van der Waals surface area contributed by atoms with Crippen LogP contribution in [0.15, 0.2) is 0 Å². The van der Waals surface area contributed by atoms with Crippen molar-refractivity contribution in [3.8, 4) is 0 Å². The van der Waals surface area contributed by atoms with Crippen LogP contribution < -0.4 is 5.32 Å². The average molecular weight is 205 g/mol. The third-order valence-electron chi connectivity index (χ3n) is 2.82. The normalized spacial score (nSPS) is 38.6. The van der Waals surface area contributed by atoms with Gasteiger partial charge in [0.1, 0.15) is 0 Å². The Hall–Kier alpha value is -0.200. The number of aliphatic hydroxyl groups excluding tert-OH is 4. The number of aliphatic hydroxyl groups is 4. The summed E-state index contributed by atoms with van der Waals surface area (Å²) in [6.45, 7) is 0.296. The zero-order valence-corrected chi connectivity index (χ0v) is 8.13. The van der Waals surface area contributed by atoms with Crippen LogP contribution in [0.3, 0.4) is 0 Å². The van der Waals surface area contributed by atoms with Gasteiger partial charge in [0.2, 0.25) is 0 Å². The number of hydrogen-bond donors (Lipinski definition) is 5. The van der Waals surface area contributed by atoms with E-state index in [2.05, 4.69) is 5.32 Å². The minimum absolute atomic E-state index is 0.0226. The molecule has 0 radical (unpaired) electrons. The second-order valence-corrected chi connectivity index (χ2v) is 3.78.